The Morgan fingerprint density at radius 3 is 2.86 bits per heavy atom. The zero-order valence-corrected chi connectivity index (χ0v) is 12.6. The van der Waals surface area contributed by atoms with E-state index in [1.165, 1.54) is 0 Å². The maximum Gasteiger partial charge on any atom is 0.224 e. The van der Waals surface area contributed by atoms with Gasteiger partial charge in [-0.25, -0.2) is 4.98 Å². The highest BCUT2D eigenvalue weighted by Gasteiger charge is 2.07. The molecule has 22 heavy (non-hydrogen) atoms. The van der Waals surface area contributed by atoms with Crippen LogP contribution in [0.25, 0.3) is 11.1 Å². The molecular formula is C17H15ClN2O2. The average Bonchev–Trinajstić information content (AvgIpc) is 2.90. The molecule has 0 aliphatic carbocycles. The molecule has 1 heterocycles. The summed E-state index contributed by atoms with van der Waals surface area (Å²) in [6, 6.07) is 14.9. The number of fused-ring (bicyclic) bond motifs is 1. The maximum atomic E-state index is 11.9. The second kappa shape index (κ2) is 6.62. The Labute approximate surface area is 133 Å². The highest BCUT2D eigenvalue weighted by Crippen LogP contribution is 2.14. The third-order valence-corrected chi connectivity index (χ3v) is 3.49. The molecule has 0 aliphatic rings. The first-order chi connectivity index (χ1) is 10.7. The predicted molar refractivity (Wildman–Crippen MR) is 85.9 cm³/mol. The zero-order valence-electron chi connectivity index (χ0n) is 11.9. The fourth-order valence-corrected chi connectivity index (χ4v) is 2.44. The molecule has 0 saturated carbocycles. The van der Waals surface area contributed by atoms with Crippen LogP contribution in [-0.4, -0.2) is 17.4 Å². The normalized spacial score (nSPS) is 10.8. The van der Waals surface area contributed by atoms with Crippen molar-refractivity contribution in [2.75, 3.05) is 6.54 Å². The maximum absolute atomic E-state index is 11.9. The number of aromatic nitrogens is 1. The Kier molecular flexibility index (Phi) is 4.39. The highest BCUT2D eigenvalue weighted by atomic mass is 35.5. The van der Waals surface area contributed by atoms with Crippen molar-refractivity contribution in [1.29, 1.82) is 0 Å². The summed E-state index contributed by atoms with van der Waals surface area (Å²) in [7, 11) is 0. The van der Waals surface area contributed by atoms with Crippen LogP contribution < -0.4 is 5.32 Å². The van der Waals surface area contributed by atoms with Crippen LogP contribution in [0.1, 0.15) is 11.5 Å². The number of para-hydroxylation sites is 2. The summed E-state index contributed by atoms with van der Waals surface area (Å²) in [6.07, 6.45) is 0.879. The van der Waals surface area contributed by atoms with Gasteiger partial charge in [0.25, 0.3) is 0 Å². The number of rotatable bonds is 5. The lowest BCUT2D eigenvalue weighted by atomic mass is 10.1. The minimum absolute atomic E-state index is 0.0432. The predicted octanol–water partition coefficient (Wildman–Crippen LogP) is 3.38. The van der Waals surface area contributed by atoms with Crippen molar-refractivity contribution in [2.24, 2.45) is 0 Å². The molecule has 3 aromatic rings. The standard InChI is InChI=1S/C17H15ClN2O2/c18-13-5-3-4-12(10-13)11-16(21)19-9-8-17-20-14-6-1-2-7-15(14)22-17/h1-7,10H,8-9,11H2,(H,19,21). The fourth-order valence-electron chi connectivity index (χ4n) is 2.23. The van der Waals surface area contributed by atoms with Gasteiger partial charge in [-0.3, -0.25) is 4.79 Å². The molecule has 0 spiro atoms. The van der Waals surface area contributed by atoms with Crippen LogP contribution in [0.5, 0.6) is 0 Å². The topological polar surface area (TPSA) is 55.1 Å². The Balaban J connectivity index is 1.51. The molecule has 1 N–H and O–H groups in total. The average molecular weight is 315 g/mol. The van der Waals surface area contributed by atoms with E-state index in [9.17, 15) is 4.79 Å². The number of halogens is 1. The van der Waals surface area contributed by atoms with Crippen LogP contribution in [0.3, 0.4) is 0 Å². The Hall–Kier alpha value is -2.33. The molecule has 1 amide bonds. The summed E-state index contributed by atoms with van der Waals surface area (Å²) in [5.41, 5.74) is 2.50. The molecule has 3 rings (SSSR count). The molecular weight excluding hydrogens is 300 g/mol. The van der Waals surface area contributed by atoms with Crippen LogP contribution >= 0.6 is 11.6 Å². The van der Waals surface area contributed by atoms with E-state index in [-0.39, 0.29) is 5.91 Å². The monoisotopic (exact) mass is 314 g/mol. The highest BCUT2D eigenvalue weighted by molar-refractivity contribution is 6.30. The molecule has 5 heteroatoms. The van der Waals surface area contributed by atoms with Gasteiger partial charge in [-0.2, -0.15) is 0 Å². The van der Waals surface area contributed by atoms with Gasteiger partial charge in [0.1, 0.15) is 5.52 Å². The van der Waals surface area contributed by atoms with Crippen molar-refractivity contribution in [3.8, 4) is 0 Å². The van der Waals surface area contributed by atoms with Crippen molar-refractivity contribution in [3.63, 3.8) is 0 Å². The number of carbonyl (C=O) groups excluding carboxylic acids is 1. The summed E-state index contributed by atoms with van der Waals surface area (Å²) in [5, 5.41) is 3.50. The van der Waals surface area contributed by atoms with E-state index in [4.69, 9.17) is 16.0 Å². The second-order valence-electron chi connectivity index (χ2n) is 4.98. The Morgan fingerprint density at radius 2 is 2.05 bits per heavy atom. The van der Waals surface area contributed by atoms with Gasteiger partial charge in [0.05, 0.1) is 6.42 Å². The van der Waals surface area contributed by atoms with Crippen molar-refractivity contribution in [1.82, 2.24) is 10.3 Å². The molecule has 0 aliphatic heterocycles. The lowest BCUT2D eigenvalue weighted by Crippen LogP contribution is -2.27. The van der Waals surface area contributed by atoms with Crippen LogP contribution in [0.15, 0.2) is 52.9 Å². The van der Waals surface area contributed by atoms with E-state index in [2.05, 4.69) is 10.3 Å². The largest absolute Gasteiger partial charge is 0.441 e. The summed E-state index contributed by atoms with van der Waals surface area (Å²) < 4.78 is 5.60. The number of nitrogens with zero attached hydrogens (tertiary/aromatic N) is 1. The van der Waals surface area contributed by atoms with Crippen molar-refractivity contribution in [3.05, 3.63) is 65.0 Å². The third-order valence-electron chi connectivity index (χ3n) is 3.25. The first kappa shape index (κ1) is 14.6. The first-order valence-electron chi connectivity index (χ1n) is 7.06. The number of carbonyl (C=O) groups is 1. The molecule has 1 aromatic heterocycles. The van der Waals surface area contributed by atoms with Gasteiger partial charge in [0.2, 0.25) is 5.91 Å². The number of hydrogen-bond acceptors (Lipinski definition) is 3. The van der Waals surface area contributed by atoms with E-state index in [0.29, 0.717) is 30.3 Å². The van der Waals surface area contributed by atoms with E-state index in [0.717, 1.165) is 16.7 Å². The van der Waals surface area contributed by atoms with Gasteiger partial charge >= 0.3 is 0 Å². The first-order valence-corrected chi connectivity index (χ1v) is 7.44. The van der Waals surface area contributed by atoms with E-state index >= 15 is 0 Å². The van der Waals surface area contributed by atoms with E-state index in [1.807, 2.05) is 36.4 Å². The SMILES string of the molecule is O=C(Cc1cccc(Cl)c1)NCCc1nc2ccccc2o1. The summed E-state index contributed by atoms with van der Waals surface area (Å²) in [5.74, 6) is 0.586. The number of benzene rings is 2. The van der Waals surface area contributed by atoms with E-state index in [1.54, 1.807) is 12.1 Å². The van der Waals surface area contributed by atoms with Crippen LogP contribution in [0, 0.1) is 0 Å². The second-order valence-corrected chi connectivity index (χ2v) is 5.42. The number of nitrogens with one attached hydrogen (secondary N) is 1. The molecule has 0 atom stereocenters. The molecule has 0 saturated heterocycles. The Bertz CT molecular complexity index is 765. The fraction of sp³-hybridized carbons (Fsp3) is 0.176. The van der Waals surface area contributed by atoms with Crippen molar-refractivity contribution >= 4 is 28.6 Å². The van der Waals surface area contributed by atoms with Gasteiger partial charge in [0, 0.05) is 18.0 Å². The van der Waals surface area contributed by atoms with Crippen LogP contribution in [-0.2, 0) is 17.6 Å². The van der Waals surface area contributed by atoms with Gasteiger partial charge in [-0.15, -0.1) is 0 Å². The minimum Gasteiger partial charge on any atom is -0.441 e. The van der Waals surface area contributed by atoms with Gasteiger partial charge in [-0.05, 0) is 29.8 Å². The zero-order chi connectivity index (χ0) is 15.4. The molecule has 0 bridgehead atoms. The summed E-state index contributed by atoms with van der Waals surface area (Å²) in [4.78, 5) is 16.3. The summed E-state index contributed by atoms with van der Waals surface area (Å²) >= 11 is 5.90. The molecule has 0 radical (unpaired) electrons. The number of oxazole rings is 1. The molecule has 112 valence electrons. The van der Waals surface area contributed by atoms with Crippen LogP contribution in [0.4, 0.5) is 0 Å². The quantitative estimate of drug-likeness (QED) is 0.785. The van der Waals surface area contributed by atoms with Gasteiger partial charge in [-0.1, -0.05) is 35.9 Å². The lowest BCUT2D eigenvalue weighted by Gasteiger charge is -2.04. The van der Waals surface area contributed by atoms with E-state index < -0.39 is 0 Å². The van der Waals surface area contributed by atoms with Gasteiger partial charge in [0.15, 0.2) is 11.5 Å². The summed E-state index contributed by atoms with van der Waals surface area (Å²) in [6.45, 7) is 0.492. The van der Waals surface area contributed by atoms with Crippen LogP contribution in [0.2, 0.25) is 5.02 Å². The smallest absolute Gasteiger partial charge is 0.224 e. The number of amides is 1. The molecule has 0 fully saturated rings. The molecule has 0 unspecified atom stereocenters. The third kappa shape index (κ3) is 3.65. The van der Waals surface area contributed by atoms with Crippen molar-refractivity contribution < 1.29 is 9.21 Å². The van der Waals surface area contributed by atoms with Crippen molar-refractivity contribution in [2.45, 2.75) is 12.8 Å². The molecule has 4 nitrogen and oxygen atoms in total. The molecule has 2 aromatic carbocycles. The lowest BCUT2D eigenvalue weighted by molar-refractivity contribution is -0.120. The van der Waals surface area contributed by atoms with Gasteiger partial charge < -0.3 is 9.73 Å². The minimum atomic E-state index is -0.0432. The Morgan fingerprint density at radius 1 is 1.18 bits per heavy atom. The number of hydrogen-bond donors (Lipinski definition) is 1.